The summed E-state index contributed by atoms with van der Waals surface area (Å²) >= 11 is 0. The number of rotatable bonds is 8. The van der Waals surface area contributed by atoms with Gasteiger partial charge in [-0.25, -0.2) is 4.98 Å². The number of nitro benzene ring substituents is 1. The highest BCUT2D eigenvalue weighted by Crippen LogP contribution is 2.25. The number of imidazole rings is 1. The average molecular weight is 455 g/mol. The molecule has 1 amide bonds. The Morgan fingerprint density at radius 2 is 1.74 bits per heavy atom. The van der Waals surface area contributed by atoms with Gasteiger partial charge in [0.2, 0.25) is 0 Å². The van der Waals surface area contributed by atoms with Crippen LogP contribution in [0.2, 0.25) is 0 Å². The first kappa shape index (κ1) is 22.9. The predicted octanol–water partition coefficient (Wildman–Crippen LogP) is 5.35. The van der Waals surface area contributed by atoms with Crippen molar-refractivity contribution >= 4 is 11.6 Å². The summed E-state index contributed by atoms with van der Waals surface area (Å²) in [7, 11) is 1.75. The summed E-state index contributed by atoms with van der Waals surface area (Å²) in [5.41, 5.74) is 5.04. The number of benzene rings is 3. The number of nitrogens with one attached hydrogen (secondary N) is 1. The summed E-state index contributed by atoms with van der Waals surface area (Å²) in [6.07, 6.45) is 1.63. The second kappa shape index (κ2) is 10.1. The normalized spacial score (nSPS) is 10.8. The molecule has 0 bridgehead atoms. The van der Waals surface area contributed by atoms with Crippen LogP contribution < -0.4 is 0 Å². The smallest absolute Gasteiger partial charge is 0.270 e. The average Bonchev–Trinajstić information content (AvgIpc) is 3.22. The lowest BCUT2D eigenvalue weighted by Gasteiger charge is -2.18. The second-order valence-corrected chi connectivity index (χ2v) is 8.27. The Hall–Kier alpha value is -4.26. The molecular formula is C27H26N4O3. The highest BCUT2D eigenvalue weighted by Gasteiger charge is 2.18. The predicted molar refractivity (Wildman–Crippen MR) is 132 cm³/mol. The minimum Gasteiger partial charge on any atom is -0.344 e. The number of nitro groups is 1. The fourth-order valence-corrected chi connectivity index (χ4v) is 4.02. The number of nitrogens with zero attached hydrogens (tertiary/aromatic N) is 3. The molecule has 1 N–H and O–H groups in total. The molecule has 7 nitrogen and oxygen atoms in total. The monoisotopic (exact) mass is 454 g/mol. The number of aryl methyl sites for hydroxylation is 3. The molecule has 0 aliphatic rings. The summed E-state index contributed by atoms with van der Waals surface area (Å²) < 4.78 is 0. The zero-order valence-corrected chi connectivity index (χ0v) is 19.2. The van der Waals surface area contributed by atoms with E-state index in [0.717, 1.165) is 24.1 Å². The van der Waals surface area contributed by atoms with Gasteiger partial charge in [-0.2, -0.15) is 0 Å². The van der Waals surface area contributed by atoms with E-state index in [-0.39, 0.29) is 11.6 Å². The fourth-order valence-electron chi connectivity index (χ4n) is 4.02. The molecule has 0 aliphatic heterocycles. The van der Waals surface area contributed by atoms with Crippen molar-refractivity contribution < 1.29 is 9.72 Å². The SMILES string of the molecule is Cc1[nH]c(CN(C)C(=O)c2ccccc2CCc2ccccc2)nc1-c1cccc([N+](=O)[O-])c1. The first-order valence-electron chi connectivity index (χ1n) is 11.1. The molecule has 172 valence electrons. The molecule has 4 rings (SSSR count). The van der Waals surface area contributed by atoms with Crippen molar-refractivity contribution in [1.29, 1.82) is 0 Å². The van der Waals surface area contributed by atoms with E-state index >= 15 is 0 Å². The number of amides is 1. The van der Waals surface area contributed by atoms with Crippen LogP contribution in [0.5, 0.6) is 0 Å². The molecule has 7 heteroatoms. The molecule has 4 aromatic rings. The molecule has 0 aliphatic carbocycles. The van der Waals surface area contributed by atoms with Crippen molar-refractivity contribution in [3.05, 3.63) is 117 Å². The lowest BCUT2D eigenvalue weighted by atomic mass is 9.99. The Bertz CT molecular complexity index is 1310. The Labute approximate surface area is 198 Å². The molecule has 0 unspecified atom stereocenters. The Balaban J connectivity index is 1.49. The maximum absolute atomic E-state index is 13.3. The van der Waals surface area contributed by atoms with E-state index in [4.69, 9.17) is 0 Å². The minimum atomic E-state index is -0.423. The third-order valence-electron chi connectivity index (χ3n) is 5.77. The molecule has 34 heavy (non-hydrogen) atoms. The van der Waals surface area contributed by atoms with Gasteiger partial charge in [0.25, 0.3) is 11.6 Å². The van der Waals surface area contributed by atoms with Gasteiger partial charge in [0.05, 0.1) is 17.2 Å². The van der Waals surface area contributed by atoms with Crippen molar-refractivity contribution in [3.63, 3.8) is 0 Å². The highest BCUT2D eigenvalue weighted by molar-refractivity contribution is 5.95. The first-order chi connectivity index (χ1) is 16.4. The van der Waals surface area contributed by atoms with Crippen LogP contribution >= 0.6 is 0 Å². The molecule has 0 radical (unpaired) electrons. The van der Waals surface area contributed by atoms with E-state index < -0.39 is 4.92 Å². The maximum atomic E-state index is 13.3. The number of hydrogen-bond acceptors (Lipinski definition) is 4. The lowest BCUT2D eigenvalue weighted by molar-refractivity contribution is -0.384. The zero-order valence-electron chi connectivity index (χ0n) is 19.2. The van der Waals surface area contributed by atoms with Gasteiger partial charge in [0.1, 0.15) is 5.82 Å². The molecule has 1 aromatic heterocycles. The van der Waals surface area contributed by atoms with E-state index in [1.807, 2.05) is 49.4 Å². The van der Waals surface area contributed by atoms with Gasteiger partial charge in [0.15, 0.2) is 0 Å². The van der Waals surface area contributed by atoms with Crippen molar-refractivity contribution in [1.82, 2.24) is 14.9 Å². The van der Waals surface area contributed by atoms with Crippen LogP contribution in [0.4, 0.5) is 5.69 Å². The van der Waals surface area contributed by atoms with E-state index in [2.05, 4.69) is 22.1 Å². The zero-order chi connectivity index (χ0) is 24.1. The standard InChI is InChI=1S/C27H26N4O3/c1-19-26(22-12-8-13-23(17-22)31(33)34)29-25(28-19)18-30(2)27(32)24-14-7-6-11-21(24)16-15-20-9-4-3-5-10-20/h3-14,17H,15-16,18H2,1-2H3,(H,28,29). The van der Waals surface area contributed by atoms with Crippen LogP contribution in [0.1, 0.15) is 33.0 Å². The van der Waals surface area contributed by atoms with Crippen molar-refractivity contribution in [2.75, 3.05) is 7.05 Å². The molecule has 1 heterocycles. The first-order valence-corrected chi connectivity index (χ1v) is 11.1. The number of non-ortho nitro benzene ring substituents is 1. The van der Waals surface area contributed by atoms with Gasteiger partial charge in [-0.3, -0.25) is 14.9 Å². The second-order valence-electron chi connectivity index (χ2n) is 8.27. The number of H-pyrrole nitrogens is 1. The van der Waals surface area contributed by atoms with Gasteiger partial charge < -0.3 is 9.88 Å². The van der Waals surface area contributed by atoms with Crippen molar-refractivity contribution in [3.8, 4) is 11.3 Å². The Kier molecular flexibility index (Phi) is 6.82. The highest BCUT2D eigenvalue weighted by atomic mass is 16.6. The van der Waals surface area contributed by atoms with E-state index in [1.54, 1.807) is 24.1 Å². The number of carbonyl (C=O) groups excluding carboxylic acids is 1. The van der Waals surface area contributed by atoms with Crippen LogP contribution in [-0.4, -0.2) is 32.7 Å². The van der Waals surface area contributed by atoms with Gasteiger partial charge in [0, 0.05) is 36.0 Å². The summed E-state index contributed by atoms with van der Waals surface area (Å²) in [6, 6.07) is 24.3. The van der Waals surface area contributed by atoms with Crippen LogP contribution in [0.3, 0.4) is 0 Å². The molecule has 0 spiro atoms. The van der Waals surface area contributed by atoms with Gasteiger partial charge in [-0.15, -0.1) is 0 Å². The van der Waals surface area contributed by atoms with Crippen molar-refractivity contribution in [2.24, 2.45) is 0 Å². The molecule has 3 aromatic carbocycles. The number of aromatic nitrogens is 2. The van der Waals surface area contributed by atoms with Crippen LogP contribution in [0.15, 0.2) is 78.9 Å². The van der Waals surface area contributed by atoms with Gasteiger partial charge >= 0.3 is 0 Å². The fraction of sp³-hybridized carbons (Fsp3) is 0.185. The third kappa shape index (κ3) is 5.20. The summed E-state index contributed by atoms with van der Waals surface area (Å²) in [5, 5.41) is 11.1. The molecular weight excluding hydrogens is 428 g/mol. The summed E-state index contributed by atoms with van der Waals surface area (Å²) in [4.78, 5) is 33.4. The molecule has 0 saturated carbocycles. The summed E-state index contributed by atoms with van der Waals surface area (Å²) in [6.45, 7) is 2.16. The van der Waals surface area contributed by atoms with Crippen LogP contribution in [0, 0.1) is 17.0 Å². The largest absolute Gasteiger partial charge is 0.344 e. The van der Waals surface area contributed by atoms with Crippen LogP contribution in [-0.2, 0) is 19.4 Å². The topological polar surface area (TPSA) is 92.1 Å². The van der Waals surface area contributed by atoms with E-state index in [1.165, 1.54) is 17.7 Å². The molecule has 0 fully saturated rings. The number of aromatic amines is 1. The lowest BCUT2D eigenvalue weighted by Crippen LogP contribution is -2.27. The number of hydrogen-bond donors (Lipinski definition) is 1. The minimum absolute atomic E-state index is 0.0147. The van der Waals surface area contributed by atoms with Crippen LogP contribution in [0.25, 0.3) is 11.3 Å². The molecule has 0 saturated heterocycles. The third-order valence-corrected chi connectivity index (χ3v) is 5.77. The number of carbonyl (C=O) groups is 1. The summed E-state index contributed by atoms with van der Waals surface area (Å²) in [5.74, 6) is 0.547. The quantitative estimate of drug-likeness (QED) is 0.287. The maximum Gasteiger partial charge on any atom is 0.270 e. The van der Waals surface area contributed by atoms with E-state index in [9.17, 15) is 14.9 Å². The Morgan fingerprint density at radius 1 is 1.00 bits per heavy atom. The van der Waals surface area contributed by atoms with Gasteiger partial charge in [-0.1, -0.05) is 60.7 Å². The molecule has 0 atom stereocenters. The van der Waals surface area contributed by atoms with Crippen molar-refractivity contribution in [2.45, 2.75) is 26.3 Å². The van der Waals surface area contributed by atoms with E-state index in [0.29, 0.717) is 29.2 Å². The Morgan fingerprint density at radius 3 is 2.50 bits per heavy atom. The van der Waals surface area contributed by atoms with Gasteiger partial charge in [-0.05, 0) is 37.0 Å².